The number of H-pyrrole nitrogens is 1. The number of fused-ring (bicyclic) bond motifs is 1. The van der Waals surface area contributed by atoms with E-state index in [-0.39, 0.29) is 40.9 Å². The fourth-order valence-corrected chi connectivity index (χ4v) is 4.27. The zero-order valence-corrected chi connectivity index (χ0v) is 21.1. The Bertz CT molecular complexity index is 1910. The van der Waals surface area contributed by atoms with Gasteiger partial charge in [-0.15, -0.1) is 0 Å². The zero-order valence-electron chi connectivity index (χ0n) is 20.4. The molecule has 0 amide bonds. The highest BCUT2D eigenvalue weighted by molar-refractivity contribution is 6.34. The summed E-state index contributed by atoms with van der Waals surface area (Å²) < 4.78 is 44.6. The van der Waals surface area contributed by atoms with Gasteiger partial charge in [0.2, 0.25) is 5.95 Å². The molecule has 0 atom stereocenters. The Morgan fingerprint density at radius 1 is 1.02 bits per heavy atom. The molecular weight excluding hydrogens is 555 g/mol. The maximum Gasteiger partial charge on any atom is 0.355 e. The number of hydrogen-bond donors (Lipinski definition) is 3. The van der Waals surface area contributed by atoms with Crippen molar-refractivity contribution in [2.24, 2.45) is 0 Å². The molecule has 0 aliphatic heterocycles. The maximum atomic E-state index is 14.0. The first-order chi connectivity index (χ1) is 19.1. The van der Waals surface area contributed by atoms with Crippen molar-refractivity contribution < 1.29 is 18.3 Å². The van der Waals surface area contributed by atoms with E-state index in [0.29, 0.717) is 27.6 Å². The minimum absolute atomic E-state index is 0.0861. The van der Waals surface area contributed by atoms with Crippen molar-refractivity contribution >= 4 is 34.1 Å². The lowest BCUT2D eigenvalue weighted by Crippen LogP contribution is -2.43. The van der Waals surface area contributed by atoms with Crippen molar-refractivity contribution in [3.63, 3.8) is 0 Å². The van der Waals surface area contributed by atoms with E-state index in [9.17, 15) is 32.7 Å². The van der Waals surface area contributed by atoms with Gasteiger partial charge in [-0.1, -0.05) is 17.7 Å². The van der Waals surface area contributed by atoms with Crippen LogP contribution in [0.3, 0.4) is 0 Å². The van der Waals surface area contributed by atoms with E-state index in [1.165, 1.54) is 29.1 Å². The average molecular weight is 574 g/mol. The maximum absolute atomic E-state index is 14.0. The number of aromatic amines is 1. The first-order valence-corrected chi connectivity index (χ1v) is 12.1. The van der Waals surface area contributed by atoms with Crippen LogP contribution >= 0.6 is 11.6 Å². The highest BCUT2D eigenvalue weighted by atomic mass is 35.5. The van der Waals surface area contributed by atoms with Crippen LogP contribution in [0.5, 0.6) is 0 Å². The molecule has 3 aromatic heterocycles. The number of nitrogens with zero attached hydrogens (tertiary/aromatic N) is 5. The van der Waals surface area contributed by atoms with Gasteiger partial charge in [0, 0.05) is 23.3 Å². The van der Waals surface area contributed by atoms with Crippen LogP contribution in [0.15, 0.2) is 63.2 Å². The van der Waals surface area contributed by atoms with Crippen LogP contribution in [0.2, 0.25) is 5.02 Å². The Hall–Kier alpha value is -4.69. The van der Waals surface area contributed by atoms with E-state index in [1.54, 1.807) is 12.3 Å². The van der Waals surface area contributed by atoms with Gasteiger partial charge in [-0.05, 0) is 35.9 Å². The molecule has 5 aromatic rings. The third-order valence-electron chi connectivity index (χ3n) is 5.98. The molecule has 0 unspecified atom stereocenters. The molecular formula is C25H19ClF3N7O4. The number of halogens is 4. The molecule has 3 heterocycles. The standard InChI is InChI=1S/C25H19ClF3N7O4/c26-16-9-19-15(11-34(33-19)4-5-37)8-20(16)31-23-32-24(39)36(12-14-2-1-3-30-22(14)38)25(40)35(23)10-13-6-17(27)21(29)18(28)7-13/h1-3,6-9,11,37H,4-5,10,12H2,(H,30,38)(H,31,32,39). The second-order valence-corrected chi connectivity index (χ2v) is 9.11. The van der Waals surface area contributed by atoms with Gasteiger partial charge in [-0.3, -0.25) is 14.0 Å². The van der Waals surface area contributed by atoms with Crippen LogP contribution in [0.1, 0.15) is 11.1 Å². The Kier molecular flexibility index (Phi) is 7.28. The van der Waals surface area contributed by atoms with Crippen molar-refractivity contribution in [1.29, 1.82) is 0 Å². The molecule has 0 fully saturated rings. The number of nitrogens with one attached hydrogen (secondary N) is 2. The molecule has 0 bridgehead atoms. The molecule has 15 heteroatoms. The van der Waals surface area contributed by atoms with Gasteiger partial charge in [-0.2, -0.15) is 10.1 Å². The number of hydrogen-bond acceptors (Lipinski definition) is 7. The van der Waals surface area contributed by atoms with Crippen molar-refractivity contribution in [1.82, 2.24) is 28.9 Å². The third kappa shape index (κ3) is 5.26. The van der Waals surface area contributed by atoms with Gasteiger partial charge >= 0.3 is 11.4 Å². The van der Waals surface area contributed by atoms with E-state index in [4.69, 9.17) is 11.6 Å². The number of aliphatic hydroxyl groups is 1. The predicted molar refractivity (Wildman–Crippen MR) is 139 cm³/mol. The Balaban J connectivity index is 1.63. The van der Waals surface area contributed by atoms with Crippen LogP contribution < -0.4 is 22.3 Å². The van der Waals surface area contributed by atoms with Gasteiger partial charge in [0.15, 0.2) is 17.5 Å². The molecule has 11 nitrogen and oxygen atoms in total. The Morgan fingerprint density at radius 2 is 1.77 bits per heavy atom. The van der Waals surface area contributed by atoms with Crippen LogP contribution in [0.4, 0.5) is 24.8 Å². The quantitative estimate of drug-likeness (QED) is 0.242. The minimum Gasteiger partial charge on any atom is -0.394 e. The largest absolute Gasteiger partial charge is 0.394 e. The number of pyridine rings is 1. The van der Waals surface area contributed by atoms with Crippen molar-refractivity contribution in [3.8, 4) is 0 Å². The summed E-state index contributed by atoms with van der Waals surface area (Å²) >= 11 is 6.41. The molecule has 40 heavy (non-hydrogen) atoms. The summed E-state index contributed by atoms with van der Waals surface area (Å²) in [6.07, 6.45) is 3.02. The van der Waals surface area contributed by atoms with Gasteiger partial charge in [0.05, 0.1) is 42.5 Å². The second kappa shape index (κ2) is 10.8. The molecule has 206 valence electrons. The van der Waals surface area contributed by atoms with Crippen LogP contribution in [-0.2, 0) is 19.6 Å². The van der Waals surface area contributed by atoms with E-state index in [0.717, 1.165) is 4.57 Å². The fourth-order valence-electron chi connectivity index (χ4n) is 4.07. The number of benzene rings is 2. The van der Waals surface area contributed by atoms with Crippen molar-refractivity contribution in [2.75, 3.05) is 11.9 Å². The van der Waals surface area contributed by atoms with Gasteiger partial charge in [-0.25, -0.2) is 27.3 Å². The molecule has 2 aromatic carbocycles. The van der Waals surface area contributed by atoms with E-state index >= 15 is 0 Å². The van der Waals surface area contributed by atoms with Gasteiger partial charge in [0.1, 0.15) is 0 Å². The van der Waals surface area contributed by atoms with Crippen LogP contribution in [0, 0.1) is 17.5 Å². The lowest BCUT2D eigenvalue weighted by atomic mass is 10.2. The normalized spacial score (nSPS) is 11.3. The van der Waals surface area contributed by atoms with Gasteiger partial charge < -0.3 is 15.4 Å². The minimum atomic E-state index is -1.68. The summed E-state index contributed by atoms with van der Waals surface area (Å²) in [5.74, 6) is -4.95. The summed E-state index contributed by atoms with van der Waals surface area (Å²) in [5.41, 5.74) is -1.85. The highest BCUT2D eigenvalue weighted by Crippen LogP contribution is 2.29. The Morgan fingerprint density at radius 3 is 2.48 bits per heavy atom. The molecule has 0 saturated carbocycles. The van der Waals surface area contributed by atoms with Crippen molar-refractivity contribution in [2.45, 2.75) is 19.6 Å². The third-order valence-corrected chi connectivity index (χ3v) is 6.29. The molecule has 0 saturated heterocycles. The summed E-state index contributed by atoms with van der Waals surface area (Å²) in [7, 11) is 0. The summed E-state index contributed by atoms with van der Waals surface area (Å²) in [4.78, 5) is 45.0. The van der Waals surface area contributed by atoms with E-state index < -0.39 is 47.5 Å². The average Bonchev–Trinajstić information content (AvgIpc) is 3.29. The monoisotopic (exact) mass is 573 g/mol. The van der Waals surface area contributed by atoms with Crippen molar-refractivity contribution in [3.05, 3.63) is 114 Å². The smallest absolute Gasteiger partial charge is 0.355 e. The first-order valence-electron chi connectivity index (χ1n) is 11.7. The number of anilines is 2. The molecule has 0 spiro atoms. The molecule has 0 radical (unpaired) electrons. The molecule has 0 aliphatic carbocycles. The lowest BCUT2D eigenvalue weighted by molar-refractivity contribution is 0.270. The summed E-state index contributed by atoms with van der Waals surface area (Å²) in [5, 5.41) is 17.0. The highest BCUT2D eigenvalue weighted by Gasteiger charge is 2.19. The molecule has 3 N–H and O–H groups in total. The predicted octanol–water partition coefficient (Wildman–Crippen LogP) is 2.35. The Labute approximate surface area is 226 Å². The number of aliphatic hydroxyl groups excluding tert-OH is 1. The van der Waals surface area contributed by atoms with Gasteiger partial charge in [0.25, 0.3) is 5.56 Å². The van der Waals surface area contributed by atoms with Crippen LogP contribution in [-0.4, -0.2) is 40.6 Å². The summed E-state index contributed by atoms with van der Waals surface area (Å²) in [6, 6.07) is 7.43. The first kappa shape index (κ1) is 26.9. The second-order valence-electron chi connectivity index (χ2n) is 8.70. The zero-order chi connectivity index (χ0) is 28.6. The number of aromatic nitrogens is 6. The SMILES string of the molecule is O=c1[nH]cccc1Cn1c(=O)nc(Nc2cc3cn(CCO)nc3cc2Cl)n(Cc2cc(F)c(F)c(F)c2)c1=O. The number of rotatable bonds is 8. The fraction of sp³-hybridized carbons (Fsp3) is 0.160. The van der Waals surface area contributed by atoms with E-state index in [1.807, 2.05) is 0 Å². The van der Waals surface area contributed by atoms with E-state index in [2.05, 4.69) is 20.4 Å². The summed E-state index contributed by atoms with van der Waals surface area (Å²) in [6.45, 7) is -0.867. The molecule has 0 aliphatic rings. The topological polar surface area (TPSA) is 140 Å². The molecule has 5 rings (SSSR count). The lowest BCUT2D eigenvalue weighted by Gasteiger charge is -2.16. The van der Waals surface area contributed by atoms with Crippen LogP contribution in [0.25, 0.3) is 10.9 Å².